The van der Waals surface area contributed by atoms with Crippen LogP contribution >= 0.6 is 7.82 Å². The van der Waals surface area contributed by atoms with Gasteiger partial charge in [-0.25, -0.2) is 47.4 Å². The van der Waals surface area contributed by atoms with Gasteiger partial charge in [-0.05, 0) is 94.5 Å². The van der Waals surface area contributed by atoms with Crippen molar-refractivity contribution in [3.63, 3.8) is 0 Å². The number of aromatic nitrogens is 4. The fourth-order valence-corrected chi connectivity index (χ4v) is 14.2. The van der Waals surface area contributed by atoms with E-state index in [1.165, 1.54) is 36.7 Å². The number of hydrogen-bond acceptors (Lipinski definition) is 21. The number of hydrazine groups is 1. The van der Waals surface area contributed by atoms with E-state index in [0.29, 0.717) is 95.8 Å². The summed E-state index contributed by atoms with van der Waals surface area (Å²) in [4.78, 5) is 131. The fraction of sp³-hybridized carbons (Fsp3) is 0.507. The Labute approximate surface area is 628 Å². The molecule has 3 aliphatic heterocycles. The molecule has 8 N–H and O–H groups in total. The van der Waals surface area contributed by atoms with E-state index < -0.39 is 209 Å². The molecule has 0 radical (unpaired) electrons. The van der Waals surface area contributed by atoms with E-state index in [9.17, 15) is 65.2 Å². The predicted octanol–water partition coefficient (Wildman–Crippen LogP) is 7.49. The lowest BCUT2D eigenvalue weighted by atomic mass is 9.77. The van der Waals surface area contributed by atoms with Crippen LogP contribution in [0.25, 0.3) is 11.3 Å². The Bertz CT molecular complexity index is 4440. The number of alkyl carbamates (subject to hydrolysis) is 2. The number of carboxylic acids is 1. The number of carbonyl (C=O) groups excluding carboxylic acids is 6. The highest BCUT2D eigenvalue weighted by Gasteiger charge is 2.58. The fourth-order valence-electron chi connectivity index (χ4n) is 13.2. The standard InChI is InChI=1S/C69H80F10N11O19PS/c1-65(2,56-40(10-9-11-52(56)109-110(99,100)101)26-54(92)82-50(60(95)96)36-111(102,103)104)27-55(93)108-53(33-88(86-59(94)58(84-64(98)106-8)67(5,6)69(77,78)79)32-46-47(70)23-41(24-48(46)71)49-20-21-89(85-49)61(72)73)42(25-51(91)57(83-63(97)105-7)66(3,4)68(74,75)76)22-38-15-12-37(13-16-38)14-17-39-28-80-62(81-29-39)87-30-43-18-19-44(31-87)90(43)45-34-107-35-45/h9-13,15-16,20-21,23-24,28-29,42-45,50,53,57-58,61H,18-19,22,25-27,30-36H2,1-8H3,(H,82,92)(H,83,97)(H,84,98)(H,86,94)(H,95,96)(H2,99,100,101)(H,102,103,104)/t42-,43?,44?,50+,53+,57-,58-/m1/s1. The first-order valence-corrected chi connectivity index (χ1v) is 37.0. The number of ether oxygens (including phenoxy) is 4. The quantitative estimate of drug-likeness (QED) is 0.00393. The normalized spacial score (nSPS) is 17.3. The summed E-state index contributed by atoms with van der Waals surface area (Å²) in [7, 11) is -9.32. The van der Waals surface area contributed by atoms with Gasteiger partial charge in [0.25, 0.3) is 16.0 Å². The molecule has 42 heteroatoms. The molecule has 606 valence electrons. The molecule has 5 aromatic rings. The van der Waals surface area contributed by atoms with Crippen molar-refractivity contribution in [2.45, 2.75) is 153 Å². The molecule has 30 nitrogen and oxygen atoms in total. The summed E-state index contributed by atoms with van der Waals surface area (Å²) in [6, 6.07) is 3.97. The number of nitrogens with one attached hydrogen (secondary N) is 4. The van der Waals surface area contributed by atoms with Gasteiger partial charge >= 0.3 is 50.8 Å². The van der Waals surface area contributed by atoms with E-state index >= 15 is 44.7 Å². The SMILES string of the molecule is COC(=O)N[C@H](C(=O)C[C@@H](Cc1ccc(C#Cc2cnc(N3CC4CCC(C3)N4C3COC3)nc2)cc1)[C@H](CN(Cc1c(F)cc(-c2ccn(C(F)F)n2)cc1F)NC(=O)[C@@H](NC(=O)OC)C(C)(C)C(F)(F)F)OC(=O)CC(C)(C)c1c(CC(=O)N[C@@H](CS(=O)(=O)O)C(=O)O)cccc1OP(=O)(O)O)C(C)(C)C(F)(F)F. The third-order valence-electron chi connectivity index (χ3n) is 19.2. The number of phosphoric acid groups is 1. The van der Waals surface area contributed by atoms with Crippen LogP contribution in [0.3, 0.4) is 0 Å². The highest BCUT2D eigenvalue weighted by molar-refractivity contribution is 7.85. The molecule has 4 amide bonds. The highest BCUT2D eigenvalue weighted by atomic mass is 32.2. The molecule has 5 heterocycles. The van der Waals surface area contributed by atoms with Gasteiger partial charge in [0, 0.05) is 90.3 Å². The number of esters is 1. The number of phosphoric ester groups is 1. The second-order valence-corrected chi connectivity index (χ2v) is 31.1. The van der Waals surface area contributed by atoms with Crippen molar-refractivity contribution in [2.24, 2.45) is 16.7 Å². The van der Waals surface area contributed by atoms with Crippen LogP contribution < -0.4 is 30.8 Å². The molecule has 0 saturated carbocycles. The number of aliphatic carboxylic acids is 1. The smallest absolute Gasteiger partial charge is 0.480 e. The molecular formula is C69H80F10N11O19PS. The van der Waals surface area contributed by atoms with Crippen molar-refractivity contribution >= 4 is 65.6 Å². The lowest BCUT2D eigenvalue weighted by Gasteiger charge is -2.47. The molecule has 2 aromatic heterocycles. The minimum Gasteiger partial charge on any atom is -0.480 e. The second kappa shape index (κ2) is 35.0. The van der Waals surface area contributed by atoms with Crippen molar-refractivity contribution in [3.8, 4) is 28.8 Å². The van der Waals surface area contributed by atoms with Gasteiger partial charge in [-0.2, -0.15) is 48.6 Å². The number of amides is 4. The lowest BCUT2D eigenvalue weighted by molar-refractivity contribution is -0.221. The van der Waals surface area contributed by atoms with E-state index in [4.69, 9.17) is 14.0 Å². The average Bonchev–Trinajstić information content (AvgIpc) is 1.72. The molecular weight excluding hydrogens is 1540 g/mol. The third-order valence-corrected chi connectivity index (χ3v) is 20.4. The van der Waals surface area contributed by atoms with Crippen LogP contribution in [-0.2, 0) is 82.4 Å². The molecule has 3 aliphatic rings. The maximum atomic E-state index is 16.9. The van der Waals surface area contributed by atoms with Gasteiger partial charge in [0.2, 0.25) is 11.9 Å². The van der Waals surface area contributed by atoms with Crippen molar-refractivity contribution in [1.29, 1.82) is 0 Å². The Balaban J connectivity index is 1.27. The number of methoxy groups -OCH3 is 2. The van der Waals surface area contributed by atoms with Gasteiger partial charge < -0.3 is 49.4 Å². The second-order valence-electron chi connectivity index (χ2n) is 28.4. The Morgan fingerprint density at radius 3 is 1.86 bits per heavy atom. The topological polar surface area (TPSA) is 399 Å². The van der Waals surface area contributed by atoms with Crippen molar-refractivity contribution in [1.82, 2.24) is 51.0 Å². The number of hydrogen-bond donors (Lipinski definition) is 8. The van der Waals surface area contributed by atoms with Gasteiger partial charge in [-0.1, -0.05) is 50.0 Å². The van der Waals surface area contributed by atoms with E-state index in [0.717, 1.165) is 64.3 Å². The number of ketones is 1. The van der Waals surface area contributed by atoms with Crippen molar-refractivity contribution in [2.75, 3.05) is 57.7 Å². The van der Waals surface area contributed by atoms with E-state index in [1.807, 2.05) is 16.1 Å². The molecule has 8 rings (SSSR count). The summed E-state index contributed by atoms with van der Waals surface area (Å²) in [5.74, 6) is -9.30. The summed E-state index contributed by atoms with van der Waals surface area (Å²) in [5.41, 5.74) is -8.71. The molecule has 111 heavy (non-hydrogen) atoms. The van der Waals surface area contributed by atoms with Crippen LogP contribution in [-0.4, -0.2) is 207 Å². The Hall–Kier alpha value is -9.56. The Morgan fingerprint density at radius 2 is 1.35 bits per heavy atom. The lowest BCUT2D eigenvalue weighted by Crippen LogP contribution is -2.62. The summed E-state index contributed by atoms with van der Waals surface area (Å²) in [6.45, 7) is 0.968. The summed E-state index contributed by atoms with van der Waals surface area (Å²) in [5, 5.41) is 19.2. The largest absolute Gasteiger partial charge is 0.524 e. The van der Waals surface area contributed by atoms with Gasteiger partial charge in [-0.15, -0.1) is 0 Å². The zero-order valence-corrected chi connectivity index (χ0v) is 62.3. The van der Waals surface area contributed by atoms with Crippen LogP contribution in [0.2, 0.25) is 0 Å². The number of anilines is 1. The van der Waals surface area contributed by atoms with Gasteiger partial charge in [-0.3, -0.25) is 43.8 Å². The van der Waals surface area contributed by atoms with Crippen LogP contribution in [0.4, 0.5) is 59.4 Å². The first-order chi connectivity index (χ1) is 51.6. The van der Waals surface area contributed by atoms with Crippen LogP contribution in [0.15, 0.2) is 79.3 Å². The zero-order valence-electron chi connectivity index (χ0n) is 60.6. The van der Waals surface area contributed by atoms with Gasteiger partial charge in [0.1, 0.15) is 47.4 Å². The number of nitrogens with zero attached hydrogens (tertiary/aromatic N) is 7. The van der Waals surface area contributed by atoms with Crippen LogP contribution in [0, 0.1) is 40.2 Å². The number of carboxylic acid groups (broad SMARTS) is 1. The molecule has 3 fully saturated rings. The number of benzene rings is 3. The minimum absolute atomic E-state index is 0.0962. The molecule has 0 aliphatic carbocycles. The minimum atomic E-state index is -5.67. The van der Waals surface area contributed by atoms with Crippen LogP contribution in [0.1, 0.15) is 107 Å². The average molecular weight is 1620 g/mol. The number of rotatable bonds is 32. The Morgan fingerprint density at radius 1 is 0.784 bits per heavy atom. The first-order valence-electron chi connectivity index (χ1n) is 33.9. The van der Waals surface area contributed by atoms with E-state index in [1.54, 1.807) is 5.32 Å². The van der Waals surface area contributed by atoms with Crippen molar-refractivity contribution in [3.05, 3.63) is 124 Å². The number of alkyl halides is 8. The zero-order chi connectivity index (χ0) is 82.3. The maximum Gasteiger partial charge on any atom is 0.524 e. The summed E-state index contributed by atoms with van der Waals surface area (Å²) in [6.07, 6.45) is -14.7. The first kappa shape index (κ1) is 87.0. The molecule has 2 unspecified atom stereocenters. The molecule has 7 atom stereocenters. The number of halogens is 10. The predicted molar refractivity (Wildman–Crippen MR) is 369 cm³/mol. The summed E-state index contributed by atoms with van der Waals surface area (Å²) >= 11 is 0. The number of piperazine rings is 1. The monoisotopic (exact) mass is 1620 g/mol. The third kappa shape index (κ3) is 22.4. The van der Waals surface area contributed by atoms with E-state index in [-0.39, 0.29) is 33.5 Å². The van der Waals surface area contributed by atoms with E-state index in [2.05, 4.69) is 46.2 Å². The number of carbonyl (C=O) groups is 7. The number of fused-ring (bicyclic) bond motifs is 2. The molecule has 3 saturated heterocycles. The van der Waals surface area contributed by atoms with Gasteiger partial charge in [0.15, 0.2) is 5.78 Å². The number of Topliss-reactive ketones (excluding diaryl/α,β-unsaturated/α-hetero) is 1. The highest BCUT2D eigenvalue weighted by Crippen LogP contribution is 2.47. The Kier molecular flexibility index (Phi) is 27.4. The molecule has 2 bridgehead atoms. The maximum absolute atomic E-state index is 16.9. The van der Waals surface area contributed by atoms with Crippen LogP contribution in [0.5, 0.6) is 5.75 Å². The van der Waals surface area contributed by atoms with Gasteiger partial charge in [0.05, 0.1) is 74.9 Å². The molecule has 0 spiro atoms. The molecule has 3 aromatic carbocycles. The van der Waals surface area contributed by atoms with Crippen molar-refractivity contribution < 1.29 is 133 Å². The summed E-state index contributed by atoms with van der Waals surface area (Å²) < 4.78 is 224.